The Balaban J connectivity index is 1.96. The summed E-state index contributed by atoms with van der Waals surface area (Å²) in [6, 6.07) is 10.9. The second-order valence-electron chi connectivity index (χ2n) is 5.53. The first-order chi connectivity index (χ1) is 12.1. The molecule has 0 unspecified atom stereocenters. The highest BCUT2D eigenvalue weighted by atomic mass is 16.5. The smallest absolute Gasteiger partial charge is 0.224 e. The van der Waals surface area contributed by atoms with Gasteiger partial charge in [-0.2, -0.15) is 0 Å². The number of methoxy groups -OCH3 is 3. The number of rotatable bonds is 8. The molecule has 0 aliphatic heterocycles. The molecule has 0 saturated heterocycles. The van der Waals surface area contributed by atoms with Crippen LogP contribution in [0.5, 0.6) is 17.2 Å². The maximum atomic E-state index is 12.1. The van der Waals surface area contributed by atoms with Crippen molar-refractivity contribution < 1.29 is 19.0 Å². The maximum Gasteiger partial charge on any atom is 0.224 e. The molecule has 0 aliphatic carbocycles. The lowest BCUT2D eigenvalue weighted by atomic mass is 10.1. The van der Waals surface area contributed by atoms with Crippen LogP contribution in [0.2, 0.25) is 0 Å². The molecule has 0 spiro atoms. The van der Waals surface area contributed by atoms with Gasteiger partial charge in [0.05, 0.1) is 27.8 Å². The molecule has 25 heavy (non-hydrogen) atoms. The molecular weight excluding hydrogens is 320 g/mol. The molecule has 0 fully saturated rings. The van der Waals surface area contributed by atoms with E-state index in [1.165, 1.54) is 0 Å². The highest BCUT2D eigenvalue weighted by molar-refractivity contribution is 5.78. The molecule has 3 N–H and O–H groups in total. The number of carbonyl (C=O) groups is 1. The zero-order chi connectivity index (χ0) is 18.2. The summed E-state index contributed by atoms with van der Waals surface area (Å²) in [5.74, 6) is 1.95. The van der Waals surface area contributed by atoms with Crippen LogP contribution in [0.3, 0.4) is 0 Å². The zero-order valence-electron chi connectivity index (χ0n) is 14.8. The minimum Gasteiger partial charge on any atom is -0.496 e. The molecule has 134 valence electrons. The van der Waals surface area contributed by atoms with Crippen LogP contribution in [0.25, 0.3) is 0 Å². The van der Waals surface area contributed by atoms with Crippen molar-refractivity contribution in [1.82, 2.24) is 5.32 Å². The van der Waals surface area contributed by atoms with Crippen LogP contribution in [0.15, 0.2) is 36.4 Å². The van der Waals surface area contributed by atoms with E-state index in [1.807, 2.05) is 12.1 Å². The Morgan fingerprint density at radius 1 is 1.00 bits per heavy atom. The van der Waals surface area contributed by atoms with Crippen molar-refractivity contribution in [1.29, 1.82) is 0 Å². The molecule has 0 radical (unpaired) electrons. The molecule has 2 aromatic carbocycles. The van der Waals surface area contributed by atoms with Crippen LogP contribution in [-0.4, -0.2) is 33.8 Å². The van der Waals surface area contributed by atoms with E-state index in [0.29, 0.717) is 42.3 Å². The van der Waals surface area contributed by atoms with Crippen LogP contribution in [0, 0.1) is 0 Å². The lowest BCUT2D eigenvalue weighted by Gasteiger charge is -2.15. The molecule has 0 bridgehead atoms. The number of benzene rings is 2. The summed E-state index contributed by atoms with van der Waals surface area (Å²) in [7, 11) is 4.78. The van der Waals surface area contributed by atoms with Crippen LogP contribution in [-0.2, 0) is 17.6 Å². The second-order valence-corrected chi connectivity index (χ2v) is 5.53. The third-order valence-electron chi connectivity index (χ3n) is 3.86. The van der Waals surface area contributed by atoms with Gasteiger partial charge in [-0.3, -0.25) is 4.79 Å². The number of hydrogen-bond acceptors (Lipinski definition) is 5. The van der Waals surface area contributed by atoms with Crippen molar-refractivity contribution in [3.8, 4) is 17.2 Å². The Labute approximate surface area is 147 Å². The monoisotopic (exact) mass is 344 g/mol. The number of amides is 1. The SMILES string of the molecule is COc1cc(OC)c(CCNC(=O)Cc2ccc(N)cc2)c(OC)c1. The average Bonchev–Trinajstić information content (AvgIpc) is 2.63. The van der Waals surface area contributed by atoms with Gasteiger partial charge in [0.2, 0.25) is 5.91 Å². The fourth-order valence-corrected chi connectivity index (χ4v) is 2.53. The summed E-state index contributed by atoms with van der Waals surface area (Å²) < 4.78 is 16.1. The highest BCUT2D eigenvalue weighted by Gasteiger charge is 2.13. The van der Waals surface area contributed by atoms with Gasteiger partial charge in [0, 0.05) is 29.9 Å². The minimum atomic E-state index is -0.0452. The van der Waals surface area contributed by atoms with E-state index < -0.39 is 0 Å². The van der Waals surface area contributed by atoms with E-state index in [2.05, 4.69) is 5.32 Å². The lowest BCUT2D eigenvalue weighted by Crippen LogP contribution is -2.27. The van der Waals surface area contributed by atoms with Gasteiger partial charge in [-0.1, -0.05) is 12.1 Å². The Morgan fingerprint density at radius 2 is 1.60 bits per heavy atom. The second kappa shape index (κ2) is 8.82. The van der Waals surface area contributed by atoms with Gasteiger partial charge in [0.15, 0.2) is 0 Å². The summed E-state index contributed by atoms with van der Waals surface area (Å²) in [6.07, 6.45) is 0.904. The van der Waals surface area contributed by atoms with E-state index in [0.717, 1.165) is 11.1 Å². The van der Waals surface area contributed by atoms with Crippen LogP contribution in [0.1, 0.15) is 11.1 Å². The quantitative estimate of drug-likeness (QED) is 0.717. The van der Waals surface area contributed by atoms with E-state index >= 15 is 0 Å². The normalized spacial score (nSPS) is 10.2. The van der Waals surface area contributed by atoms with Gasteiger partial charge in [-0.15, -0.1) is 0 Å². The van der Waals surface area contributed by atoms with E-state index in [9.17, 15) is 4.79 Å². The zero-order valence-corrected chi connectivity index (χ0v) is 14.8. The molecule has 1 amide bonds. The summed E-state index contributed by atoms with van der Waals surface area (Å²) in [5.41, 5.74) is 8.14. The average molecular weight is 344 g/mol. The third kappa shape index (κ3) is 5.04. The van der Waals surface area contributed by atoms with E-state index in [1.54, 1.807) is 45.6 Å². The van der Waals surface area contributed by atoms with E-state index in [4.69, 9.17) is 19.9 Å². The van der Waals surface area contributed by atoms with Crippen LogP contribution in [0.4, 0.5) is 5.69 Å². The van der Waals surface area contributed by atoms with Crippen molar-refractivity contribution in [3.63, 3.8) is 0 Å². The lowest BCUT2D eigenvalue weighted by molar-refractivity contribution is -0.120. The summed E-state index contributed by atoms with van der Waals surface area (Å²) in [5, 5.41) is 2.91. The summed E-state index contributed by atoms with van der Waals surface area (Å²) in [6.45, 7) is 0.479. The number of anilines is 1. The molecular formula is C19H24N2O4. The van der Waals surface area contributed by atoms with Crippen molar-refractivity contribution in [2.75, 3.05) is 33.6 Å². The van der Waals surface area contributed by atoms with Gasteiger partial charge < -0.3 is 25.3 Å². The summed E-state index contributed by atoms with van der Waals surface area (Å²) in [4.78, 5) is 12.1. The Kier molecular flexibility index (Phi) is 6.51. The van der Waals surface area contributed by atoms with Crippen molar-refractivity contribution in [3.05, 3.63) is 47.5 Å². The first kappa shape index (κ1) is 18.4. The van der Waals surface area contributed by atoms with Gasteiger partial charge >= 0.3 is 0 Å². The number of hydrogen-bond donors (Lipinski definition) is 2. The Bertz CT molecular complexity index is 689. The fourth-order valence-electron chi connectivity index (χ4n) is 2.53. The Morgan fingerprint density at radius 3 is 2.12 bits per heavy atom. The highest BCUT2D eigenvalue weighted by Crippen LogP contribution is 2.34. The third-order valence-corrected chi connectivity index (χ3v) is 3.86. The first-order valence-corrected chi connectivity index (χ1v) is 7.97. The van der Waals surface area contributed by atoms with Gasteiger partial charge in [-0.05, 0) is 24.1 Å². The molecule has 0 atom stereocenters. The topological polar surface area (TPSA) is 82.8 Å². The molecule has 6 heteroatoms. The fraction of sp³-hybridized carbons (Fsp3) is 0.316. The molecule has 0 saturated carbocycles. The van der Waals surface area contributed by atoms with Crippen molar-refractivity contribution in [2.24, 2.45) is 0 Å². The minimum absolute atomic E-state index is 0.0452. The van der Waals surface area contributed by atoms with Gasteiger partial charge in [0.1, 0.15) is 17.2 Å². The van der Waals surface area contributed by atoms with Gasteiger partial charge in [-0.25, -0.2) is 0 Å². The largest absolute Gasteiger partial charge is 0.496 e. The number of ether oxygens (including phenoxy) is 3. The predicted molar refractivity (Wildman–Crippen MR) is 97.4 cm³/mol. The molecule has 6 nitrogen and oxygen atoms in total. The summed E-state index contributed by atoms with van der Waals surface area (Å²) >= 11 is 0. The van der Waals surface area contributed by atoms with Crippen molar-refractivity contribution >= 4 is 11.6 Å². The predicted octanol–water partition coefficient (Wildman–Crippen LogP) is 2.20. The van der Waals surface area contributed by atoms with Crippen LogP contribution >= 0.6 is 0 Å². The van der Waals surface area contributed by atoms with Crippen LogP contribution < -0.4 is 25.3 Å². The number of nitrogens with two attached hydrogens (primary N) is 1. The first-order valence-electron chi connectivity index (χ1n) is 7.97. The number of nitrogens with one attached hydrogen (secondary N) is 1. The van der Waals surface area contributed by atoms with Crippen molar-refractivity contribution in [2.45, 2.75) is 12.8 Å². The standard InChI is InChI=1S/C19H24N2O4/c1-23-15-11-17(24-2)16(18(12-15)25-3)8-9-21-19(22)10-13-4-6-14(20)7-5-13/h4-7,11-12H,8-10,20H2,1-3H3,(H,21,22). The molecule has 0 heterocycles. The Hall–Kier alpha value is -2.89. The molecule has 2 aromatic rings. The maximum absolute atomic E-state index is 12.1. The molecule has 0 aromatic heterocycles. The molecule has 0 aliphatic rings. The number of nitrogen functional groups attached to an aromatic ring is 1. The molecule has 2 rings (SSSR count). The van der Waals surface area contributed by atoms with Gasteiger partial charge in [0.25, 0.3) is 0 Å². The van der Waals surface area contributed by atoms with E-state index in [-0.39, 0.29) is 5.91 Å². The number of carbonyl (C=O) groups excluding carboxylic acids is 1.